The van der Waals surface area contributed by atoms with Crippen molar-refractivity contribution in [1.29, 1.82) is 0 Å². The van der Waals surface area contributed by atoms with Crippen molar-refractivity contribution in [2.75, 3.05) is 18.0 Å². The van der Waals surface area contributed by atoms with Crippen molar-refractivity contribution in [3.8, 4) is 0 Å². The lowest BCUT2D eigenvalue weighted by Crippen LogP contribution is -2.40. The third-order valence-electron chi connectivity index (χ3n) is 2.49. The molecule has 0 fully saturated rings. The molecule has 3 amide bonds. The number of rotatable bonds is 6. The van der Waals surface area contributed by atoms with E-state index in [1.807, 2.05) is 12.1 Å². The van der Waals surface area contributed by atoms with Gasteiger partial charge < -0.3 is 11.1 Å². The van der Waals surface area contributed by atoms with Crippen LogP contribution in [0.3, 0.4) is 0 Å². The van der Waals surface area contributed by atoms with Gasteiger partial charge in [0.2, 0.25) is 5.91 Å². The molecule has 5 nitrogen and oxygen atoms in total. The molecule has 0 saturated carbocycles. The number of nitrogens with one attached hydrogen (secondary N) is 2. The second-order valence-electron chi connectivity index (χ2n) is 4.85. The first-order chi connectivity index (χ1) is 9.47. The summed E-state index contributed by atoms with van der Waals surface area (Å²) in [6.07, 6.45) is 0.889. The molecule has 0 aromatic heterocycles. The summed E-state index contributed by atoms with van der Waals surface area (Å²) in [6, 6.07) is 6.84. The van der Waals surface area contributed by atoms with E-state index in [2.05, 4.69) is 24.5 Å². The Labute approximate surface area is 123 Å². The van der Waals surface area contributed by atoms with Crippen LogP contribution in [0.4, 0.5) is 10.5 Å². The number of carbonyl (C=O) groups excluding carboxylic acids is 2. The van der Waals surface area contributed by atoms with Gasteiger partial charge in [0.1, 0.15) is 0 Å². The molecule has 0 heterocycles. The van der Waals surface area contributed by atoms with Gasteiger partial charge in [-0.1, -0.05) is 19.9 Å². The monoisotopic (exact) mass is 295 g/mol. The minimum Gasteiger partial charge on any atom is -0.399 e. The van der Waals surface area contributed by atoms with Gasteiger partial charge in [-0.25, -0.2) is 4.79 Å². The van der Waals surface area contributed by atoms with Crippen molar-refractivity contribution in [3.63, 3.8) is 0 Å². The normalized spacial score (nSPS) is 10.3. The molecule has 20 heavy (non-hydrogen) atoms. The second kappa shape index (κ2) is 8.47. The van der Waals surface area contributed by atoms with Crippen molar-refractivity contribution in [2.24, 2.45) is 5.92 Å². The highest BCUT2D eigenvalue weighted by atomic mass is 32.2. The van der Waals surface area contributed by atoms with E-state index >= 15 is 0 Å². The first-order valence-electron chi connectivity index (χ1n) is 6.53. The second-order valence-corrected chi connectivity index (χ2v) is 5.90. The molecular weight excluding hydrogens is 274 g/mol. The zero-order chi connectivity index (χ0) is 15.0. The number of carbonyl (C=O) groups is 2. The number of hydrogen-bond acceptors (Lipinski definition) is 4. The molecule has 6 heteroatoms. The summed E-state index contributed by atoms with van der Waals surface area (Å²) < 4.78 is 0. The minimum atomic E-state index is -0.441. The third-order valence-corrected chi connectivity index (χ3v) is 3.48. The van der Waals surface area contributed by atoms with Crippen LogP contribution < -0.4 is 16.4 Å². The maximum absolute atomic E-state index is 11.6. The molecule has 1 rings (SSSR count). The van der Waals surface area contributed by atoms with E-state index in [0.29, 0.717) is 18.2 Å². The van der Waals surface area contributed by atoms with Crippen LogP contribution >= 0.6 is 11.8 Å². The molecule has 4 N–H and O–H groups in total. The Hall–Kier alpha value is -1.69. The van der Waals surface area contributed by atoms with Gasteiger partial charge in [-0.2, -0.15) is 0 Å². The third kappa shape index (κ3) is 7.04. The summed E-state index contributed by atoms with van der Waals surface area (Å²) in [5.74, 6) is 0.380. The van der Waals surface area contributed by atoms with Gasteiger partial charge in [-0.3, -0.25) is 10.1 Å². The number of nitrogen functional groups attached to an aromatic ring is 1. The summed E-state index contributed by atoms with van der Waals surface area (Å²) in [4.78, 5) is 23.9. The Bertz CT molecular complexity index is 463. The number of anilines is 1. The van der Waals surface area contributed by atoms with Gasteiger partial charge in [0.15, 0.2) is 0 Å². The smallest absolute Gasteiger partial charge is 0.321 e. The number of amides is 3. The molecule has 0 aliphatic heterocycles. The molecule has 0 atom stereocenters. The number of thioether (sulfide) groups is 1. The number of nitrogens with two attached hydrogens (primary N) is 1. The molecule has 0 bridgehead atoms. The highest BCUT2D eigenvalue weighted by Gasteiger charge is 2.08. The fourth-order valence-electron chi connectivity index (χ4n) is 1.43. The molecule has 0 radical (unpaired) electrons. The maximum Gasteiger partial charge on any atom is 0.321 e. The van der Waals surface area contributed by atoms with Crippen molar-refractivity contribution in [3.05, 3.63) is 24.3 Å². The van der Waals surface area contributed by atoms with E-state index in [0.717, 1.165) is 11.3 Å². The fraction of sp³-hybridized carbons (Fsp3) is 0.429. The lowest BCUT2D eigenvalue weighted by molar-refractivity contribution is -0.117. The molecule has 110 valence electrons. The van der Waals surface area contributed by atoms with E-state index in [1.165, 1.54) is 11.8 Å². The van der Waals surface area contributed by atoms with Crippen molar-refractivity contribution >= 4 is 29.4 Å². The van der Waals surface area contributed by atoms with Crippen molar-refractivity contribution < 1.29 is 9.59 Å². The van der Waals surface area contributed by atoms with Crippen molar-refractivity contribution in [1.82, 2.24) is 10.6 Å². The van der Waals surface area contributed by atoms with Crippen LogP contribution in [-0.4, -0.2) is 24.2 Å². The molecule has 1 aromatic carbocycles. The lowest BCUT2D eigenvalue weighted by Gasteiger charge is -2.08. The fourth-order valence-corrected chi connectivity index (χ4v) is 2.20. The quantitative estimate of drug-likeness (QED) is 0.555. The minimum absolute atomic E-state index is 0.182. The Morgan fingerprint density at radius 3 is 2.75 bits per heavy atom. The molecule has 0 aliphatic rings. The van der Waals surface area contributed by atoms with E-state index in [-0.39, 0.29) is 11.7 Å². The van der Waals surface area contributed by atoms with Gasteiger partial charge in [0.25, 0.3) is 0 Å². The Balaban J connectivity index is 2.24. The van der Waals surface area contributed by atoms with Crippen LogP contribution in [0.5, 0.6) is 0 Å². The standard InChI is InChI=1S/C14H21N3O2S/c1-10(2)6-7-16-14(19)17-13(18)9-20-12-5-3-4-11(15)8-12/h3-5,8,10H,6-7,9,15H2,1-2H3,(H2,16,17,18,19). The van der Waals surface area contributed by atoms with E-state index in [4.69, 9.17) is 5.73 Å². The predicted octanol–water partition coefficient (Wildman–Crippen LogP) is 2.23. The zero-order valence-electron chi connectivity index (χ0n) is 11.8. The number of urea groups is 1. The van der Waals surface area contributed by atoms with E-state index in [1.54, 1.807) is 12.1 Å². The number of imide groups is 1. The van der Waals surface area contributed by atoms with E-state index in [9.17, 15) is 9.59 Å². The van der Waals surface area contributed by atoms with Gasteiger partial charge in [-0.05, 0) is 30.5 Å². The van der Waals surface area contributed by atoms with Crippen LogP contribution in [0.1, 0.15) is 20.3 Å². The SMILES string of the molecule is CC(C)CCNC(=O)NC(=O)CSc1cccc(N)c1. The summed E-state index contributed by atoms with van der Waals surface area (Å²) in [5.41, 5.74) is 6.30. The Kier molecular flexibility index (Phi) is 6.93. The summed E-state index contributed by atoms with van der Waals surface area (Å²) >= 11 is 1.34. The zero-order valence-corrected chi connectivity index (χ0v) is 12.6. The topological polar surface area (TPSA) is 84.2 Å². The van der Waals surface area contributed by atoms with Gasteiger partial charge in [-0.15, -0.1) is 11.8 Å². The van der Waals surface area contributed by atoms with Crippen LogP contribution in [0.25, 0.3) is 0 Å². The number of hydrogen-bond donors (Lipinski definition) is 3. The molecule has 0 aliphatic carbocycles. The highest BCUT2D eigenvalue weighted by molar-refractivity contribution is 8.00. The Morgan fingerprint density at radius 1 is 1.35 bits per heavy atom. The summed E-state index contributed by atoms with van der Waals surface area (Å²) in [5, 5.41) is 4.95. The lowest BCUT2D eigenvalue weighted by atomic mass is 10.1. The van der Waals surface area contributed by atoms with Gasteiger partial charge in [0, 0.05) is 17.1 Å². The predicted molar refractivity (Wildman–Crippen MR) is 82.6 cm³/mol. The average Bonchev–Trinajstić information content (AvgIpc) is 2.36. The maximum atomic E-state index is 11.6. The molecular formula is C14H21N3O2S. The summed E-state index contributed by atoms with van der Waals surface area (Å²) in [6.45, 7) is 4.72. The van der Waals surface area contributed by atoms with E-state index < -0.39 is 6.03 Å². The molecule has 0 unspecified atom stereocenters. The first kappa shape index (κ1) is 16.4. The van der Waals surface area contributed by atoms with Crippen LogP contribution in [0.2, 0.25) is 0 Å². The van der Waals surface area contributed by atoms with Crippen LogP contribution in [-0.2, 0) is 4.79 Å². The Morgan fingerprint density at radius 2 is 2.10 bits per heavy atom. The first-order valence-corrected chi connectivity index (χ1v) is 7.52. The largest absolute Gasteiger partial charge is 0.399 e. The summed E-state index contributed by atoms with van der Waals surface area (Å²) in [7, 11) is 0. The van der Waals surface area contributed by atoms with Gasteiger partial charge >= 0.3 is 6.03 Å². The van der Waals surface area contributed by atoms with Crippen LogP contribution in [0, 0.1) is 5.92 Å². The highest BCUT2D eigenvalue weighted by Crippen LogP contribution is 2.19. The van der Waals surface area contributed by atoms with Gasteiger partial charge in [0.05, 0.1) is 5.75 Å². The molecule has 1 aromatic rings. The van der Waals surface area contributed by atoms with Crippen molar-refractivity contribution in [2.45, 2.75) is 25.2 Å². The number of benzene rings is 1. The average molecular weight is 295 g/mol. The molecule has 0 saturated heterocycles. The molecule has 0 spiro atoms. The van der Waals surface area contributed by atoms with Crippen LogP contribution in [0.15, 0.2) is 29.2 Å².